The van der Waals surface area contributed by atoms with Crippen LogP contribution in [0.15, 0.2) is 224 Å². The van der Waals surface area contributed by atoms with Gasteiger partial charge in [-0.25, -0.2) is 9.97 Å². The van der Waals surface area contributed by atoms with E-state index >= 15 is 0 Å². The molecule has 13 aromatic rings. The Balaban J connectivity index is 1.05. The summed E-state index contributed by atoms with van der Waals surface area (Å²) >= 11 is 0. The van der Waals surface area contributed by atoms with Gasteiger partial charge in [-0.05, 0) is 72.8 Å². The van der Waals surface area contributed by atoms with E-state index in [0.29, 0.717) is 5.82 Å². The Bertz CT molecular complexity index is 3620. The number of hydrogen-bond acceptors (Lipinski definition) is 2. The fraction of sp³-hybridized carbons (Fsp3) is 0. The van der Waals surface area contributed by atoms with Gasteiger partial charge in [-0.3, -0.25) is 0 Å². The average molecular weight is 804 g/mol. The predicted octanol–water partition coefficient (Wildman–Crippen LogP) is 14.8. The summed E-state index contributed by atoms with van der Waals surface area (Å²) in [7, 11) is 0. The van der Waals surface area contributed by atoms with Gasteiger partial charge in [0.25, 0.3) is 0 Å². The third-order valence-electron chi connectivity index (χ3n) is 12.6. The lowest BCUT2D eigenvalue weighted by Gasteiger charge is -2.16. The summed E-state index contributed by atoms with van der Waals surface area (Å²) in [6, 6.07) is 80.3. The van der Waals surface area contributed by atoms with Crippen LogP contribution in [0.4, 0.5) is 0 Å². The second-order valence-electron chi connectivity index (χ2n) is 16.2. The molecule has 4 heterocycles. The summed E-state index contributed by atoms with van der Waals surface area (Å²) in [5.74, 6) is 0.676. The Morgan fingerprint density at radius 2 is 0.571 bits per heavy atom. The molecule has 13 rings (SSSR count). The van der Waals surface area contributed by atoms with Crippen LogP contribution in [-0.2, 0) is 0 Å². The third-order valence-corrected chi connectivity index (χ3v) is 12.6. The normalized spacial score (nSPS) is 11.8. The Morgan fingerprint density at radius 1 is 0.238 bits per heavy atom. The van der Waals surface area contributed by atoms with Gasteiger partial charge in [-0.1, -0.05) is 152 Å². The second kappa shape index (κ2) is 14.0. The van der Waals surface area contributed by atoms with Gasteiger partial charge in [0, 0.05) is 66.1 Å². The summed E-state index contributed by atoms with van der Waals surface area (Å²) in [6.07, 6.45) is 0. The first kappa shape index (κ1) is 35.2. The highest BCUT2D eigenvalue weighted by Gasteiger charge is 2.19. The first-order valence-electron chi connectivity index (χ1n) is 21.4. The lowest BCUT2D eigenvalue weighted by Crippen LogP contribution is -2.01. The molecule has 0 aliphatic heterocycles. The van der Waals surface area contributed by atoms with Crippen molar-refractivity contribution in [3.8, 4) is 51.0 Å². The lowest BCUT2D eigenvalue weighted by molar-refractivity contribution is 1.13. The van der Waals surface area contributed by atoms with Crippen LogP contribution in [0.2, 0.25) is 0 Å². The van der Waals surface area contributed by atoms with Crippen molar-refractivity contribution in [2.75, 3.05) is 0 Å². The van der Waals surface area contributed by atoms with Crippen LogP contribution in [0.5, 0.6) is 0 Å². The topological polar surface area (TPSA) is 40.6 Å². The molecule has 9 aromatic carbocycles. The van der Waals surface area contributed by atoms with Crippen molar-refractivity contribution in [3.63, 3.8) is 0 Å². The number of rotatable bonds is 6. The van der Waals surface area contributed by atoms with Gasteiger partial charge in [0.05, 0.1) is 44.5 Å². The molecule has 0 bridgehead atoms. The van der Waals surface area contributed by atoms with Gasteiger partial charge in [0.2, 0.25) is 0 Å². The van der Waals surface area contributed by atoms with Crippen molar-refractivity contribution < 1.29 is 0 Å². The zero-order valence-electron chi connectivity index (χ0n) is 34.1. The Morgan fingerprint density at radius 3 is 0.968 bits per heavy atom. The summed E-state index contributed by atoms with van der Waals surface area (Å²) < 4.78 is 7.16. The van der Waals surface area contributed by atoms with Crippen LogP contribution in [0, 0.1) is 0 Å². The lowest BCUT2D eigenvalue weighted by atomic mass is 10.0. The van der Waals surface area contributed by atoms with Crippen LogP contribution in [0.1, 0.15) is 0 Å². The fourth-order valence-corrected chi connectivity index (χ4v) is 9.84. The predicted molar refractivity (Wildman–Crippen MR) is 261 cm³/mol. The molecule has 0 radical (unpaired) electrons. The molecule has 0 saturated carbocycles. The number of para-hydroxylation sites is 6. The molecule has 0 spiro atoms. The molecule has 0 N–H and O–H groups in total. The minimum absolute atomic E-state index is 0.676. The monoisotopic (exact) mass is 803 g/mol. The van der Waals surface area contributed by atoms with Crippen molar-refractivity contribution in [3.05, 3.63) is 224 Å². The van der Waals surface area contributed by atoms with Gasteiger partial charge in [-0.15, -0.1) is 0 Å². The highest BCUT2D eigenvalue weighted by Crippen LogP contribution is 2.39. The van der Waals surface area contributed by atoms with E-state index in [-0.39, 0.29) is 0 Å². The smallest absolute Gasteiger partial charge is 0.160 e. The molecule has 0 saturated heterocycles. The molecule has 0 fully saturated rings. The van der Waals surface area contributed by atoms with Crippen LogP contribution < -0.4 is 0 Å². The number of aromatic nitrogens is 5. The summed E-state index contributed by atoms with van der Waals surface area (Å²) in [5.41, 5.74) is 14.9. The Labute approximate surface area is 363 Å². The minimum atomic E-state index is 0.676. The molecule has 63 heavy (non-hydrogen) atoms. The summed E-state index contributed by atoms with van der Waals surface area (Å²) in [4.78, 5) is 10.7. The molecule has 0 aliphatic carbocycles. The van der Waals surface area contributed by atoms with Crippen molar-refractivity contribution >= 4 is 65.4 Å². The van der Waals surface area contributed by atoms with Crippen LogP contribution in [0.25, 0.3) is 116 Å². The zero-order chi connectivity index (χ0) is 41.4. The standard InChI is InChI=1S/C58H37N5/c1-2-16-39(17-3-1)58-59-50(38-30-32-41(33-31-38)61-52-24-10-4-18-44(52)45-19-5-11-25-53(45)61)37-51(60-58)40-34-42(62-54-26-12-6-20-46(54)47-21-7-13-27-55(47)62)36-43(35-40)63-56-28-14-8-22-48(56)49-23-9-15-29-57(49)63/h1-37H. The van der Waals surface area contributed by atoms with Gasteiger partial charge in [-0.2, -0.15) is 0 Å². The van der Waals surface area contributed by atoms with E-state index in [1.165, 1.54) is 43.4 Å². The van der Waals surface area contributed by atoms with Gasteiger partial charge in [0.1, 0.15) is 0 Å². The highest BCUT2D eigenvalue weighted by atomic mass is 15.0. The molecular formula is C58H37N5. The fourth-order valence-electron chi connectivity index (χ4n) is 9.84. The first-order chi connectivity index (χ1) is 31.2. The molecule has 4 aromatic heterocycles. The van der Waals surface area contributed by atoms with E-state index in [1.807, 2.05) is 6.07 Å². The Hall–Kier alpha value is -8.54. The molecule has 0 amide bonds. The van der Waals surface area contributed by atoms with E-state index in [9.17, 15) is 0 Å². The van der Waals surface area contributed by atoms with Gasteiger partial charge < -0.3 is 13.7 Å². The summed E-state index contributed by atoms with van der Waals surface area (Å²) in [6.45, 7) is 0. The van der Waals surface area contributed by atoms with Crippen molar-refractivity contribution in [1.82, 2.24) is 23.7 Å². The van der Waals surface area contributed by atoms with E-state index in [2.05, 4.69) is 232 Å². The quantitative estimate of drug-likeness (QED) is 0.168. The Kier molecular flexibility index (Phi) is 7.84. The second-order valence-corrected chi connectivity index (χ2v) is 16.2. The maximum absolute atomic E-state index is 5.39. The zero-order valence-corrected chi connectivity index (χ0v) is 34.1. The van der Waals surface area contributed by atoms with Crippen molar-refractivity contribution in [2.24, 2.45) is 0 Å². The number of fused-ring (bicyclic) bond motifs is 9. The molecule has 5 nitrogen and oxygen atoms in total. The average Bonchev–Trinajstić information content (AvgIpc) is 4.00. The molecule has 0 aliphatic rings. The van der Waals surface area contributed by atoms with E-state index in [4.69, 9.17) is 9.97 Å². The maximum Gasteiger partial charge on any atom is 0.160 e. The third kappa shape index (κ3) is 5.57. The molecule has 0 unspecified atom stereocenters. The molecule has 0 atom stereocenters. The van der Waals surface area contributed by atoms with E-state index in [1.54, 1.807) is 0 Å². The van der Waals surface area contributed by atoms with Crippen molar-refractivity contribution in [1.29, 1.82) is 0 Å². The maximum atomic E-state index is 5.39. The van der Waals surface area contributed by atoms with Gasteiger partial charge >= 0.3 is 0 Å². The number of benzene rings is 9. The van der Waals surface area contributed by atoms with Gasteiger partial charge in [0.15, 0.2) is 5.82 Å². The van der Waals surface area contributed by atoms with Crippen LogP contribution in [-0.4, -0.2) is 23.7 Å². The summed E-state index contributed by atoms with van der Waals surface area (Å²) in [5, 5.41) is 7.37. The molecular weight excluding hydrogens is 767 g/mol. The molecule has 5 heteroatoms. The minimum Gasteiger partial charge on any atom is -0.309 e. The largest absolute Gasteiger partial charge is 0.309 e. The van der Waals surface area contributed by atoms with E-state index < -0.39 is 0 Å². The van der Waals surface area contributed by atoms with Crippen molar-refractivity contribution in [2.45, 2.75) is 0 Å². The molecule has 294 valence electrons. The van der Waals surface area contributed by atoms with Crippen LogP contribution in [0.3, 0.4) is 0 Å². The highest BCUT2D eigenvalue weighted by molar-refractivity contribution is 6.11. The van der Waals surface area contributed by atoms with Crippen LogP contribution >= 0.6 is 0 Å². The number of hydrogen-bond donors (Lipinski definition) is 0. The number of nitrogens with zero attached hydrogens (tertiary/aromatic N) is 5. The van der Waals surface area contributed by atoms with E-state index in [0.717, 1.165) is 67.2 Å². The SMILES string of the molecule is c1ccc(-c2nc(-c3ccc(-n4c5ccccc5c5ccccc54)cc3)cc(-c3cc(-n4c5ccccc5c5ccccc54)cc(-n4c5ccccc5c5ccccc54)c3)n2)cc1. The first-order valence-corrected chi connectivity index (χ1v) is 21.4.